The summed E-state index contributed by atoms with van der Waals surface area (Å²) in [5.74, 6) is 0.914. The van der Waals surface area contributed by atoms with Crippen molar-refractivity contribution < 1.29 is 21.1 Å². The summed E-state index contributed by atoms with van der Waals surface area (Å²) in [7, 11) is 0. The molecule has 7 aromatic rings. The van der Waals surface area contributed by atoms with E-state index in [2.05, 4.69) is 165 Å². The number of hydrogen-bond donors (Lipinski definition) is 0. The van der Waals surface area contributed by atoms with Crippen LogP contribution < -0.4 is 0 Å². The standard InChI is InChI=1S/C38H35N4S.Pt/c1-37(2,3)26-20-21-39-36(22-26)42-32-15-8-7-14-30(32)31-19-18-29(24-35(31)42)43-28-13-11-12-27(23-28)40-25-41(38(4,5)6)34-17-10-9-16-33(34)40;/h7-22,25H,1-6H3;/q-1;. The van der Waals surface area contributed by atoms with Gasteiger partial charge in [-0.1, -0.05) is 55.4 Å². The third kappa shape index (κ3) is 5.42. The van der Waals surface area contributed by atoms with E-state index in [1.165, 1.54) is 27.4 Å². The first kappa shape index (κ1) is 30.4. The number of fused-ring (bicyclic) bond motifs is 4. The van der Waals surface area contributed by atoms with Gasteiger partial charge in [0.1, 0.15) is 5.82 Å². The van der Waals surface area contributed by atoms with Crippen molar-refractivity contribution in [3.63, 3.8) is 0 Å². The Morgan fingerprint density at radius 1 is 0.705 bits per heavy atom. The molecule has 0 saturated heterocycles. The van der Waals surface area contributed by atoms with Gasteiger partial charge in [0.15, 0.2) is 17.4 Å². The van der Waals surface area contributed by atoms with E-state index in [0.29, 0.717) is 0 Å². The minimum atomic E-state index is -0.0404. The number of nitrogens with zero attached hydrogens (tertiary/aromatic N) is 4. The monoisotopic (exact) mass is 774 g/mol. The smallest absolute Gasteiger partial charge is 0.188 e. The fourth-order valence-corrected chi connectivity index (χ4v) is 6.59. The molecule has 0 unspecified atom stereocenters. The van der Waals surface area contributed by atoms with E-state index in [9.17, 15) is 0 Å². The van der Waals surface area contributed by atoms with Crippen LogP contribution >= 0.6 is 11.8 Å². The van der Waals surface area contributed by atoms with Gasteiger partial charge < -0.3 is 4.57 Å². The van der Waals surface area contributed by atoms with Crippen LogP contribution in [0.5, 0.6) is 0 Å². The second-order valence-electron chi connectivity index (χ2n) is 13.1. The molecule has 0 aliphatic heterocycles. The number of rotatable bonds is 4. The molecule has 44 heavy (non-hydrogen) atoms. The fraction of sp³-hybridized carbons (Fsp3) is 0.211. The van der Waals surface area contributed by atoms with Gasteiger partial charge in [-0.25, -0.2) is 14.1 Å². The molecule has 4 aromatic carbocycles. The van der Waals surface area contributed by atoms with Crippen LogP contribution in [0.3, 0.4) is 0 Å². The van der Waals surface area contributed by atoms with Crippen LogP contribution in [0.15, 0.2) is 113 Å². The number of aromatic nitrogens is 4. The first-order valence-electron chi connectivity index (χ1n) is 14.7. The van der Waals surface area contributed by atoms with E-state index in [1.54, 1.807) is 11.8 Å². The van der Waals surface area contributed by atoms with Crippen molar-refractivity contribution in [3.05, 3.63) is 121 Å². The van der Waals surface area contributed by atoms with Crippen LogP contribution in [0.1, 0.15) is 47.1 Å². The van der Waals surface area contributed by atoms with Crippen LogP contribution in [0.25, 0.3) is 44.3 Å². The second-order valence-corrected chi connectivity index (χ2v) is 14.2. The zero-order chi connectivity index (χ0) is 29.9. The molecule has 0 amide bonds. The molecule has 3 aromatic heterocycles. The average Bonchev–Trinajstić information content (AvgIpc) is 3.53. The van der Waals surface area contributed by atoms with Crippen molar-refractivity contribution >= 4 is 44.6 Å². The molecule has 0 saturated carbocycles. The zero-order valence-corrected chi connectivity index (χ0v) is 28.9. The molecule has 0 atom stereocenters. The Morgan fingerprint density at radius 3 is 2.16 bits per heavy atom. The number of imidazole rings is 1. The van der Waals surface area contributed by atoms with E-state index in [-0.39, 0.29) is 32.0 Å². The van der Waals surface area contributed by atoms with Gasteiger partial charge in [0.05, 0.1) is 5.54 Å². The maximum absolute atomic E-state index is 4.82. The van der Waals surface area contributed by atoms with Gasteiger partial charge in [0.25, 0.3) is 0 Å². The van der Waals surface area contributed by atoms with Crippen LogP contribution in [0.4, 0.5) is 0 Å². The van der Waals surface area contributed by atoms with Crippen molar-refractivity contribution in [1.82, 2.24) is 18.7 Å². The van der Waals surface area contributed by atoms with Gasteiger partial charge in [-0.15, -0.1) is 34.2 Å². The summed E-state index contributed by atoms with van der Waals surface area (Å²) in [5, 5.41) is 2.37. The minimum Gasteiger partial charge on any atom is -0.319 e. The second kappa shape index (κ2) is 11.4. The van der Waals surface area contributed by atoms with Gasteiger partial charge in [-0.3, -0.25) is 0 Å². The third-order valence-corrected chi connectivity index (χ3v) is 8.90. The normalized spacial score (nSPS) is 12.2. The van der Waals surface area contributed by atoms with Crippen molar-refractivity contribution in [1.29, 1.82) is 0 Å². The minimum absolute atomic E-state index is 0. The Kier molecular flexibility index (Phi) is 7.84. The first-order valence-corrected chi connectivity index (χ1v) is 15.5. The summed E-state index contributed by atoms with van der Waals surface area (Å²) in [6, 6.07) is 39.6. The van der Waals surface area contributed by atoms with Crippen LogP contribution in [0.2, 0.25) is 0 Å². The topological polar surface area (TPSA) is 27.7 Å². The molecule has 7 rings (SSSR count). The summed E-state index contributed by atoms with van der Waals surface area (Å²) in [5.41, 5.74) is 6.79. The summed E-state index contributed by atoms with van der Waals surface area (Å²) in [6.07, 6.45) is 4.12. The Hall–Kier alpha value is -3.66. The largest absolute Gasteiger partial charge is 0.319 e. The molecular formula is C38H35N4PtS-. The maximum Gasteiger partial charge on any atom is 0.188 e. The van der Waals surface area contributed by atoms with Gasteiger partial charge >= 0.3 is 0 Å². The van der Waals surface area contributed by atoms with E-state index in [1.807, 2.05) is 6.20 Å². The molecule has 0 bridgehead atoms. The first-order chi connectivity index (χ1) is 20.6. The number of para-hydroxylation sites is 3. The molecule has 3 heterocycles. The Morgan fingerprint density at radius 2 is 1.41 bits per heavy atom. The van der Waals surface area contributed by atoms with Crippen LogP contribution in [-0.4, -0.2) is 18.7 Å². The predicted octanol–water partition coefficient (Wildman–Crippen LogP) is 10.0. The molecule has 0 aliphatic carbocycles. The van der Waals surface area contributed by atoms with E-state index in [4.69, 9.17) is 4.98 Å². The van der Waals surface area contributed by atoms with Crippen LogP contribution in [-0.2, 0) is 32.0 Å². The molecule has 4 nitrogen and oxygen atoms in total. The molecule has 0 aliphatic rings. The molecular weight excluding hydrogens is 740 g/mol. The van der Waals surface area contributed by atoms with Crippen molar-refractivity contribution in [2.75, 3.05) is 0 Å². The average molecular weight is 775 g/mol. The molecule has 0 spiro atoms. The Balaban J connectivity index is 0.00000343. The van der Waals surface area contributed by atoms with Gasteiger partial charge in [-0.2, -0.15) is 24.3 Å². The van der Waals surface area contributed by atoms with E-state index < -0.39 is 0 Å². The van der Waals surface area contributed by atoms with Gasteiger partial charge in [-0.05, 0) is 67.5 Å². The summed E-state index contributed by atoms with van der Waals surface area (Å²) >= 11 is 1.69. The number of hydrogen-bond acceptors (Lipinski definition) is 2. The summed E-state index contributed by atoms with van der Waals surface area (Å²) < 4.78 is 6.82. The molecule has 224 valence electrons. The zero-order valence-electron chi connectivity index (χ0n) is 25.8. The Bertz CT molecular complexity index is 2140. The van der Waals surface area contributed by atoms with Crippen molar-refractivity contribution in [3.8, 4) is 11.5 Å². The maximum atomic E-state index is 4.82. The SMILES string of the molecule is CC(C)(C)c1ccnc(-n2c3[c-]c(Sc4[c-]c(-n5[cH+]n(C(C)(C)C)c6ccccc65)ccc4)ccc3c3ccccc32)c1.[Pt]. The molecule has 0 radical (unpaired) electrons. The number of pyridine rings is 1. The van der Waals surface area contributed by atoms with Crippen molar-refractivity contribution in [2.24, 2.45) is 0 Å². The molecule has 0 fully saturated rings. The fourth-order valence-electron chi connectivity index (χ4n) is 5.77. The van der Waals surface area contributed by atoms with Gasteiger partial charge in [0, 0.05) is 50.6 Å². The molecule has 6 heteroatoms. The van der Waals surface area contributed by atoms with Crippen LogP contribution in [0, 0.1) is 12.1 Å². The van der Waals surface area contributed by atoms with E-state index in [0.717, 1.165) is 32.3 Å². The Labute approximate surface area is 278 Å². The van der Waals surface area contributed by atoms with E-state index >= 15 is 0 Å². The van der Waals surface area contributed by atoms with Crippen molar-refractivity contribution in [2.45, 2.75) is 62.3 Å². The number of benzene rings is 4. The molecule has 0 N–H and O–H groups in total. The third-order valence-electron chi connectivity index (χ3n) is 7.98. The summed E-state index contributed by atoms with van der Waals surface area (Å²) in [6.45, 7) is 13.4. The van der Waals surface area contributed by atoms with Gasteiger partial charge in [0.2, 0.25) is 0 Å². The quantitative estimate of drug-likeness (QED) is 0.167. The summed E-state index contributed by atoms with van der Waals surface area (Å²) in [4.78, 5) is 6.91. The predicted molar refractivity (Wildman–Crippen MR) is 180 cm³/mol.